The molecule has 0 fully saturated rings. The first-order valence-electron chi connectivity index (χ1n) is 25.2. The Kier molecular flexibility index (Phi) is 31.3. The Hall–Kier alpha value is -8.88. The first-order chi connectivity index (χ1) is 38.7. The maximum atomic E-state index is 14.2. The Balaban J connectivity index is 2.14. The van der Waals surface area contributed by atoms with E-state index in [0.717, 1.165) is 9.80 Å². The molecule has 32 heteroatoms. The number of benzene rings is 2. The van der Waals surface area contributed by atoms with E-state index in [1.807, 2.05) is 0 Å². The minimum Gasteiger partial charge on any atom is -0.481 e. The topological polar surface area (TPSA) is 478 Å². The Bertz CT molecular complexity index is 2530. The molecule has 2 rings (SSSR count). The van der Waals surface area contributed by atoms with Gasteiger partial charge in [0.1, 0.15) is 30.2 Å². The summed E-state index contributed by atoms with van der Waals surface area (Å²) in [6.07, 6.45) is -2.86. The van der Waals surface area contributed by atoms with E-state index < -0.39 is 165 Å². The first kappa shape index (κ1) is 69.2. The molecule has 5 amide bonds. The lowest BCUT2D eigenvalue weighted by Gasteiger charge is -2.28. The molecule has 2 unspecified atom stereocenters. The third-order valence-corrected chi connectivity index (χ3v) is 11.9. The lowest BCUT2D eigenvalue weighted by Crippen LogP contribution is -2.57. The summed E-state index contributed by atoms with van der Waals surface area (Å²) in [6.45, 7) is -4.47. The van der Waals surface area contributed by atoms with Crippen molar-refractivity contribution in [2.75, 3.05) is 72.0 Å². The summed E-state index contributed by atoms with van der Waals surface area (Å²) < 4.78 is 0. The SMILES string of the molecule is O=C(O)CC[C@H](NC(=S)N[C@@H](CCC(=O)NCCNC(=O)CC[C@@H](NC(=O)C(Cc1ccccc1)NC(=O)C(Cc1ccccc1)NC(=O)CN(CCN(CCN(CC(=O)O)CC(=O)O)CC(=O)O)CC(=O)O)C(=O)O)C(=O)O)C(=O)O. The predicted molar refractivity (Wildman–Crippen MR) is 287 cm³/mol. The molecule has 450 valence electrons. The average molecular weight is 1180 g/mol. The fourth-order valence-electron chi connectivity index (χ4n) is 7.66. The van der Waals surface area contributed by atoms with Gasteiger partial charge in [0, 0.05) is 71.4 Å². The van der Waals surface area contributed by atoms with E-state index in [9.17, 15) is 98.1 Å². The second kappa shape index (κ2) is 37.1. The summed E-state index contributed by atoms with van der Waals surface area (Å²) in [7, 11) is 0. The molecule has 0 aliphatic heterocycles. The van der Waals surface area contributed by atoms with Crippen molar-refractivity contribution in [3.8, 4) is 0 Å². The van der Waals surface area contributed by atoms with E-state index in [1.165, 1.54) is 4.90 Å². The van der Waals surface area contributed by atoms with Gasteiger partial charge in [0.2, 0.25) is 29.5 Å². The van der Waals surface area contributed by atoms with Crippen LogP contribution < -0.4 is 37.2 Å². The number of nitrogens with one attached hydrogen (secondary N) is 7. The molecule has 0 aromatic heterocycles. The number of carbonyl (C=O) groups is 13. The van der Waals surface area contributed by atoms with E-state index in [0.29, 0.717) is 11.1 Å². The van der Waals surface area contributed by atoms with E-state index >= 15 is 0 Å². The predicted octanol–water partition coefficient (Wildman–Crippen LogP) is -3.72. The minimum atomic E-state index is -1.69. The molecular weight excluding hydrogens is 1110 g/mol. The molecular formula is C50H68N10O21S. The number of thiocarbonyl (C=S) groups is 1. The van der Waals surface area contributed by atoms with Crippen LogP contribution in [-0.2, 0) is 75.2 Å². The smallest absolute Gasteiger partial charge is 0.326 e. The minimum absolute atomic E-state index is 0.157. The van der Waals surface area contributed by atoms with Gasteiger partial charge in [-0.2, -0.15) is 0 Å². The van der Waals surface area contributed by atoms with Gasteiger partial charge in [-0.15, -0.1) is 0 Å². The number of carboxylic acids is 8. The molecule has 2 aromatic rings. The summed E-state index contributed by atoms with van der Waals surface area (Å²) >= 11 is 4.97. The summed E-state index contributed by atoms with van der Waals surface area (Å²) in [5.41, 5.74) is 1.05. The molecule has 0 aliphatic rings. The van der Waals surface area contributed by atoms with Gasteiger partial charge in [-0.3, -0.25) is 62.6 Å². The second-order valence-corrected chi connectivity index (χ2v) is 18.7. The number of carboxylic acid groups (broad SMARTS) is 8. The lowest BCUT2D eigenvalue weighted by atomic mass is 10.0. The van der Waals surface area contributed by atoms with Gasteiger partial charge in [0.05, 0.1) is 32.7 Å². The summed E-state index contributed by atoms with van der Waals surface area (Å²) in [6, 6.07) is 8.98. The fraction of sp³-hybridized carbons (Fsp3) is 0.480. The molecule has 0 heterocycles. The molecule has 0 saturated carbocycles. The Morgan fingerprint density at radius 2 is 0.707 bits per heavy atom. The monoisotopic (exact) mass is 1180 g/mol. The normalized spacial score (nSPS) is 12.8. The van der Waals surface area contributed by atoms with Crippen LogP contribution in [0.5, 0.6) is 0 Å². The van der Waals surface area contributed by atoms with Crippen molar-refractivity contribution in [2.24, 2.45) is 0 Å². The van der Waals surface area contributed by atoms with Crippen LogP contribution in [0.15, 0.2) is 60.7 Å². The molecule has 0 spiro atoms. The molecule has 15 N–H and O–H groups in total. The zero-order valence-electron chi connectivity index (χ0n) is 44.2. The second-order valence-electron chi connectivity index (χ2n) is 18.3. The molecule has 0 saturated heterocycles. The van der Waals surface area contributed by atoms with Gasteiger partial charge >= 0.3 is 47.8 Å². The molecule has 82 heavy (non-hydrogen) atoms. The van der Waals surface area contributed by atoms with Gasteiger partial charge in [-0.05, 0) is 42.6 Å². The molecule has 0 aliphatic carbocycles. The highest BCUT2D eigenvalue weighted by molar-refractivity contribution is 7.80. The van der Waals surface area contributed by atoms with Crippen LogP contribution in [0.3, 0.4) is 0 Å². The standard InChI is InChI=1S/C50H68N10O21S/c61-37(51-17-18-52-38(62)15-12-33(48(78)79)56-50(82)57-34(49(80)81)13-16-40(64)65)14-11-32(47(76)77)54-46(75)36(24-31-9-5-2-6-10-31)55-45(74)35(23-30-7-3-1-4-8-30)53-39(63)25-59(27-42(68)69)21-19-58(26-41(66)67)20-22-60(28-43(70)71)29-44(72)73/h1-10,32-36H,11-29H2,(H,51,61)(H,52,62)(H,53,63)(H,54,75)(H,55,74)(H,64,65)(H,66,67)(H,68,69)(H,70,71)(H,72,73)(H,76,77)(H,78,79)(H,80,81)(H2,56,57,82)/t32-,33+,34+,35?,36?/m1/s1. The highest BCUT2D eigenvalue weighted by Gasteiger charge is 2.32. The van der Waals surface area contributed by atoms with Crippen LogP contribution in [0.4, 0.5) is 0 Å². The Labute approximate surface area is 473 Å². The fourth-order valence-corrected chi connectivity index (χ4v) is 7.95. The van der Waals surface area contributed by atoms with E-state index in [2.05, 4.69) is 37.2 Å². The highest BCUT2D eigenvalue weighted by Crippen LogP contribution is 2.10. The van der Waals surface area contributed by atoms with Crippen LogP contribution in [-0.4, -0.2) is 240 Å². The highest BCUT2D eigenvalue weighted by atomic mass is 32.1. The molecule has 0 bridgehead atoms. The van der Waals surface area contributed by atoms with Gasteiger partial charge in [0.15, 0.2) is 5.11 Å². The van der Waals surface area contributed by atoms with E-state index in [-0.39, 0.29) is 71.4 Å². The summed E-state index contributed by atoms with van der Waals surface area (Å²) in [5, 5.41) is 92.1. The number of nitrogens with zero attached hydrogens (tertiary/aromatic N) is 3. The average Bonchev–Trinajstić information content (AvgIpc) is 3.44. The van der Waals surface area contributed by atoms with Gasteiger partial charge in [-0.25, -0.2) is 14.4 Å². The third kappa shape index (κ3) is 30.5. The Morgan fingerprint density at radius 1 is 0.378 bits per heavy atom. The van der Waals surface area contributed by atoms with Crippen molar-refractivity contribution < 1.29 is 103 Å². The van der Waals surface area contributed by atoms with Crippen LogP contribution in [0, 0.1) is 0 Å². The maximum absolute atomic E-state index is 14.2. The van der Waals surface area contributed by atoms with Crippen molar-refractivity contribution in [3.63, 3.8) is 0 Å². The van der Waals surface area contributed by atoms with Crippen molar-refractivity contribution in [3.05, 3.63) is 71.8 Å². The van der Waals surface area contributed by atoms with Crippen molar-refractivity contribution in [1.82, 2.24) is 51.9 Å². The van der Waals surface area contributed by atoms with E-state index in [4.69, 9.17) is 17.3 Å². The lowest BCUT2D eigenvalue weighted by molar-refractivity contribution is -0.143. The maximum Gasteiger partial charge on any atom is 0.326 e. The summed E-state index contributed by atoms with van der Waals surface area (Å²) in [4.78, 5) is 163. The number of carbonyl (C=O) groups excluding carboxylic acids is 5. The third-order valence-electron chi connectivity index (χ3n) is 11.7. The van der Waals surface area contributed by atoms with Crippen LogP contribution >= 0.6 is 12.2 Å². The van der Waals surface area contributed by atoms with Gasteiger partial charge < -0.3 is 78.1 Å². The number of amides is 5. The number of rotatable bonds is 42. The van der Waals surface area contributed by atoms with Crippen molar-refractivity contribution in [1.29, 1.82) is 0 Å². The number of hydrogen-bond donors (Lipinski definition) is 15. The number of hydrogen-bond acceptors (Lipinski definition) is 17. The molecule has 31 nitrogen and oxygen atoms in total. The molecule has 5 atom stereocenters. The van der Waals surface area contributed by atoms with Crippen LogP contribution in [0.25, 0.3) is 0 Å². The van der Waals surface area contributed by atoms with Gasteiger partial charge in [0.25, 0.3) is 0 Å². The molecule has 2 aromatic carbocycles. The quantitative estimate of drug-likeness (QED) is 0.0225. The molecule has 0 radical (unpaired) electrons. The van der Waals surface area contributed by atoms with Crippen molar-refractivity contribution >= 4 is 94.6 Å². The van der Waals surface area contributed by atoms with Crippen LogP contribution in [0.2, 0.25) is 0 Å². The first-order valence-corrected chi connectivity index (χ1v) is 25.6. The summed E-state index contributed by atoms with van der Waals surface area (Å²) in [5.74, 6) is -15.2. The largest absolute Gasteiger partial charge is 0.481 e. The number of aliphatic carboxylic acids is 8. The van der Waals surface area contributed by atoms with Crippen molar-refractivity contribution in [2.45, 2.75) is 81.6 Å². The zero-order valence-corrected chi connectivity index (χ0v) is 45.0. The zero-order chi connectivity index (χ0) is 61.3. The Morgan fingerprint density at radius 3 is 1.09 bits per heavy atom. The van der Waals surface area contributed by atoms with E-state index in [1.54, 1.807) is 60.7 Å². The van der Waals surface area contributed by atoms with Crippen LogP contribution in [0.1, 0.15) is 49.7 Å². The van der Waals surface area contributed by atoms with Gasteiger partial charge in [-0.1, -0.05) is 60.7 Å².